The van der Waals surface area contributed by atoms with Gasteiger partial charge < -0.3 is 4.74 Å². The number of nitrogens with zero attached hydrogens (tertiary/aromatic N) is 1. The molecule has 4 rings (SSSR count). The largest absolute Gasteiger partial charge is 0.469 e. The number of fused-ring (bicyclic) bond motifs is 1. The predicted molar refractivity (Wildman–Crippen MR) is 101 cm³/mol. The second kappa shape index (κ2) is 6.84. The number of ether oxygens (including phenoxy) is 1. The van der Waals surface area contributed by atoms with Crippen LogP contribution in [0.2, 0.25) is 0 Å². The third kappa shape index (κ3) is 3.12. The van der Waals surface area contributed by atoms with Crippen LogP contribution in [0.5, 0.6) is 0 Å². The number of allylic oxidation sites excluding steroid dienone is 2. The average molecular weight is 352 g/mol. The quantitative estimate of drug-likeness (QED) is 0.669. The maximum atomic E-state index is 11.4. The van der Waals surface area contributed by atoms with Gasteiger partial charge in [-0.25, -0.2) is 0 Å². The van der Waals surface area contributed by atoms with Crippen LogP contribution < -0.4 is 0 Å². The molecule has 2 aromatic heterocycles. The Kier molecular flexibility index (Phi) is 4.40. The van der Waals surface area contributed by atoms with Gasteiger partial charge in [-0.05, 0) is 30.8 Å². The summed E-state index contributed by atoms with van der Waals surface area (Å²) in [4.78, 5) is 11.4. The van der Waals surface area contributed by atoms with Gasteiger partial charge >= 0.3 is 5.97 Å². The molecule has 1 aliphatic rings. The minimum atomic E-state index is -0.110. The summed E-state index contributed by atoms with van der Waals surface area (Å²) in [6.07, 6.45) is 5.75. The number of hydrogen-bond acceptors (Lipinski definition) is 4. The predicted octanol–water partition coefficient (Wildman–Crippen LogP) is 5.04. The highest BCUT2D eigenvalue weighted by Gasteiger charge is 2.21. The summed E-state index contributed by atoms with van der Waals surface area (Å²) in [6.45, 7) is 0. The maximum Gasteiger partial charge on any atom is 0.305 e. The number of methoxy groups -OCH3 is 1. The van der Waals surface area contributed by atoms with Crippen molar-refractivity contribution in [3.63, 3.8) is 0 Å². The van der Waals surface area contributed by atoms with Crippen molar-refractivity contribution >= 4 is 33.1 Å². The number of nitrogens with one attached hydrogen (secondary N) is 1. The molecule has 0 saturated carbocycles. The van der Waals surface area contributed by atoms with E-state index >= 15 is 0 Å². The van der Waals surface area contributed by atoms with Crippen molar-refractivity contribution in [2.45, 2.75) is 25.7 Å². The van der Waals surface area contributed by atoms with Gasteiger partial charge in [0.25, 0.3) is 0 Å². The van der Waals surface area contributed by atoms with Crippen molar-refractivity contribution < 1.29 is 9.53 Å². The summed E-state index contributed by atoms with van der Waals surface area (Å²) in [5.74, 6) is 0.285. The molecule has 1 aromatic carbocycles. The minimum absolute atomic E-state index is 0.110. The van der Waals surface area contributed by atoms with Crippen molar-refractivity contribution in [1.29, 1.82) is 0 Å². The van der Waals surface area contributed by atoms with Crippen LogP contribution in [0, 0.1) is 5.92 Å². The Bertz CT molecular complexity index is 924. The van der Waals surface area contributed by atoms with Crippen molar-refractivity contribution in [3.8, 4) is 11.3 Å². The molecule has 1 unspecified atom stereocenters. The second-order valence-electron chi connectivity index (χ2n) is 6.44. The summed E-state index contributed by atoms with van der Waals surface area (Å²) >= 11 is 1.74. The fourth-order valence-electron chi connectivity index (χ4n) is 3.47. The summed E-state index contributed by atoms with van der Waals surface area (Å²) < 4.78 is 5.99. The van der Waals surface area contributed by atoms with E-state index in [2.05, 4.69) is 33.8 Å². The number of aromatic amines is 1. The second-order valence-corrected chi connectivity index (χ2v) is 7.32. The summed E-state index contributed by atoms with van der Waals surface area (Å²) in [5.41, 5.74) is 5.90. The number of hydrogen-bond donors (Lipinski definition) is 1. The number of esters is 1. The van der Waals surface area contributed by atoms with E-state index in [1.165, 1.54) is 22.9 Å². The Morgan fingerprint density at radius 1 is 1.36 bits per heavy atom. The van der Waals surface area contributed by atoms with Crippen molar-refractivity contribution in [1.82, 2.24) is 10.2 Å². The molecule has 0 aliphatic heterocycles. The molecule has 0 radical (unpaired) electrons. The third-order valence-electron chi connectivity index (χ3n) is 4.88. The number of thiophene rings is 1. The van der Waals surface area contributed by atoms with Gasteiger partial charge in [-0.15, -0.1) is 11.3 Å². The first-order valence-corrected chi connectivity index (χ1v) is 9.41. The minimum Gasteiger partial charge on any atom is -0.469 e. The van der Waals surface area contributed by atoms with Crippen molar-refractivity contribution in [2.24, 2.45) is 5.92 Å². The molecule has 0 saturated heterocycles. The number of carbonyl (C=O) groups is 1. The first-order valence-electron chi connectivity index (χ1n) is 8.53. The molecule has 1 atom stereocenters. The van der Waals surface area contributed by atoms with Crippen LogP contribution in [0.25, 0.3) is 27.0 Å². The van der Waals surface area contributed by atoms with Crippen LogP contribution in [0.4, 0.5) is 0 Å². The first-order chi connectivity index (χ1) is 12.3. The Morgan fingerprint density at radius 2 is 2.20 bits per heavy atom. The normalized spacial score (nSPS) is 17.5. The first kappa shape index (κ1) is 16.1. The van der Waals surface area contributed by atoms with Crippen LogP contribution >= 0.6 is 11.3 Å². The van der Waals surface area contributed by atoms with Crippen LogP contribution in [0.15, 0.2) is 41.8 Å². The lowest BCUT2D eigenvalue weighted by molar-refractivity contribution is -0.141. The third-order valence-corrected chi connectivity index (χ3v) is 5.87. The Labute approximate surface area is 150 Å². The van der Waals surface area contributed by atoms with E-state index < -0.39 is 0 Å². The monoisotopic (exact) mass is 352 g/mol. The molecule has 0 fully saturated rings. The molecule has 2 heterocycles. The number of H-pyrrole nitrogens is 1. The molecule has 4 nitrogen and oxygen atoms in total. The fourth-order valence-corrected chi connectivity index (χ4v) is 4.52. The topological polar surface area (TPSA) is 55.0 Å². The van der Waals surface area contributed by atoms with E-state index in [9.17, 15) is 4.79 Å². The lowest BCUT2D eigenvalue weighted by Crippen LogP contribution is -2.12. The Hall–Kier alpha value is -2.40. The van der Waals surface area contributed by atoms with Crippen molar-refractivity contribution in [2.75, 3.05) is 7.11 Å². The smallest absolute Gasteiger partial charge is 0.305 e. The molecule has 25 heavy (non-hydrogen) atoms. The standard InChI is InChI=1S/C20H20N2O2S/c1-24-17(23)11-13-7-9-14(10-8-13)16-12-25-20-18(21-22-19(16)20)15-5-3-2-4-6-15/h2-6,9,12-13H,7-8,10-11H2,1H3,(H,21,22). The maximum absolute atomic E-state index is 11.4. The SMILES string of the molecule is COC(=O)CC1CC=C(c2csc3c(-c4ccccc4)n[nH]c23)CC1. The van der Waals surface area contributed by atoms with Gasteiger partial charge in [0.05, 0.1) is 17.3 Å². The van der Waals surface area contributed by atoms with Gasteiger partial charge in [0, 0.05) is 22.9 Å². The van der Waals surface area contributed by atoms with E-state index in [-0.39, 0.29) is 5.97 Å². The molecule has 128 valence electrons. The number of carbonyl (C=O) groups excluding carboxylic acids is 1. The van der Waals surface area contributed by atoms with Crippen LogP contribution in [0.3, 0.4) is 0 Å². The molecule has 0 amide bonds. The lowest BCUT2D eigenvalue weighted by atomic mass is 9.85. The van der Waals surface area contributed by atoms with Gasteiger partial charge in [-0.1, -0.05) is 36.4 Å². The van der Waals surface area contributed by atoms with Crippen molar-refractivity contribution in [3.05, 3.63) is 47.4 Å². The van der Waals surface area contributed by atoms with E-state index in [4.69, 9.17) is 4.74 Å². The zero-order chi connectivity index (χ0) is 17.2. The number of rotatable bonds is 4. The number of aromatic nitrogens is 2. The molecule has 5 heteroatoms. The zero-order valence-electron chi connectivity index (χ0n) is 14.1. The molecule has 3 aromatic rings. The molecule has 0 spiro atoms. The van der Waals surface area contributed by atoms with Crippen LogP contribution in [-0.2, 0) is 9.53 Å². The lowest BCUT2D eigenvalue weighted by Gasteiger charge is -2.20. The van der Waals surface area contributed by atoms with Crippen LogP contribution in [-0.4, -0.2) is 23.3 Å². The summed E-state index contributed by atoms with van der Waals surface area (Å²) in [5, 5.41) is 10.00. The van der Waals surface area contributed by atoms with E-state index in [1.54, 1.807) is 11.3 Å². The van der Waals surface area contributed by atoms with Gasteiger partial charge in [-0.2, -0.15) is 5.10 Å². The zero-order valence-corrected chi connectivity index (χ0v) is 14.9. The van der Waals surface area contributed by atoms with Gasteiger partial charge in [-0.3, -0.25) is 9.89 Å². The van der Waals surface area contributed by atoms with Crippen LogP contribution in [0.1, 0.15) is 31.2 Å². The Morgan fingerprint density at radius 3 is 2.92 bits per heavy atom. The molecular formula is C20H20N2O2S. The molecule has 0 bridgehead atoms. The highest BCUT2D eigenvalue weighted by Crippen LogP contribution is 2.40. The highest BCUT2D eigenvalue weighted by atomic mass is 32.1. The van der Waals surface area contributed by atoms with Gasteiger partial charge in [0.15, 0.2) is 0 Å². The van der Waals surface area contributed by atoms with E-state index in [0.29, 0.717) is 12.3 Å². The molecule has 1 N–H and O–H groups in total. The summed E-state index contributed by atoms with van der Waals surface area (Å²) in [7, 11) is 1.46. The highest BCUT2D eigenvalue weighted by molar-refractivity contribution is 7.18. The van der Waals surface area contributed by atoms with E-state index in [1.807, 2.05) is 18.2 Å². The van der Waals surface area contributed by atoms with E-state index in [0.717, 1.165) is 36.0 Å². The Balaban J connectivity index is 1.59. The van der Waals surface area contributed by atoms with Gasteiger partial charge in [0.1, 0.15) is 5.69 Å². The fraction of sp³-hybridized carbons (Fsp3) is 0.300. The molecule has 1 aliphatic carbocycles. The number of benzene rings is 1. The average Bonchev–Trinajstić information content (AvgIpc) is 3.25. The van der Waals surface area contributed by atoms with Gasteiger partial charge in [0.2, 0.25) is 0 Å². The summed E-state index contributed by atoms with van der Waals surface area (Å²) in [6, 6.07) is 10.3. The molecular weight excluding hydrogens is 332 g/mol.